The van der Waals surface area contributed by atoms with Gasteiger partial charge in [0.15, 0.2) is 0 Å². The van der Waals surface area contributed by atoms with Crippen molar-refractivity contribution >= 4 is 22.5 Å². The summed E-state index contributed by atoms with van der Waals surface area (Å²) in [5.41, 5.74) is 2.16. The predicted molar refractivity (Wildman–Crippen MR) is 130 cm³/mol. The average Bonchev–Trinajstić information content (AvgIpc) is 3.03. The Bertz CT molecular complexity index is 908. The van der Waals surface area contributed by atoms with Gasteiger partial charge in [-0.15, -0.1) is 0 Å². The first-order chi connectivity index (χ1) is 15.5. The summed E-state index contributed by atoms with van der Waals surface area (Å²) in [4.78, 5) is 24.2. The zero-order valence-corrected chi connectivity index (χ0v) is 19.9. The van der Waals surface area contributed by atoms with Crippen LogP contribution in [-0.2, 0) is 4.79 Å². The molecule has 32 heavy (non-hydrogen) atoms. The van der Waals surface area contributed by atoms with Gasteiger partial charge in [-0.3, -0.25) is 9.78 Å². The maximum Gasteiger partial charge on any atom is 0.222 e. The van der Waals surface area contributed by atoms with Gasteiger partial charge in [0.2, 0.25) is 5.91 Å². The molecule has 2 aromatic rings. The molecule has 0 unspecified atom stereocenters. The molecule has 2 aliphatic rings. The van der Waals surface area contributed by atoms with Gasteiger partial charge in [-0.2, -0.15) is 0 Å². The number of carbonyl (C=O) groups excluding carboxylic acids is 1. The SMILES string of the molecule is COc1ccc2cccnc2c1N1CCCN(CC2CCN(C(=O)CC(C)C)CC2)CC1. The topological polar surface area (TPSA) is 48.9 Å². The standard InChI is InChI=1S/C26H38N4O2/c1-20(2)18-24(31)29-14-9-21(10-15-29)19-28-12-5-13-30(17-16-28)26-23(32-3)8-7-22-6-4-11-27-25(22)26/h4,6-8,11,20-21H,5,9-10,12-19H2,1-3H3. The van der Waals surface area contributed by atoms with E-state index in [-0.39, 0.29) is 0 Å². The van der Waals surface area contributed by atoms with Gasteiger partial charge < -0.3 is 19.4 Å². The Labute approximate surface area is 192 Å². The number of pyridine rings is 1. The molecule has 0 saturated carbocycles. The number of likely N-dealkylation sites (tertiary alicyclic amines) is 1. The van der Waals surface area contributed by atoms with Crippen LogP contribution in [0.4, 0.5) is 5.69 Å². The number of benzene rings is 1. The van der Waals surface area contributed by atoms with Gasteiger partial charge in [0.1, 0.15) is 11.4 Å². The smallest absolute Gasteiger partial charge is 0.222 e. The molecule has 0 radical (unpaired) electrons. The molecule has 2 saturated heterocycles. The lowest BCUT2D eigenvalue weighted by Gasteiger charge is -2.35. The molecule has 6 heteroatoms. The van der Waals surface area contributed by atoms with Gasteiger partial charge in [0.25, 0.3) is 0 Å². The zero-order valence-electron chi connectivity index (χ0n) is 19.9. The highest BCUT2D eigenvalue weighted by molar-refractivity contribution is 5.94. The monoisotopic (exact) mass is 438 g/mol. The molecular weight excluding hydrogens is 400 g/mol. The molecule has 3 heterocycles. The quantitative estimate of drug-likeness (QED) is 0.681. The maximum absolute atomic E-state index is 12.4. The highest BCUT2D eigenvalue weighted by Gasteiger charge is 2.26. The highest BCUT2D eigenvalue weighted by atomic mass is 16.5. The number of hydrogen-bond acceptors (Lipinski definition) is 5. The first-order valence-corrected chi connectivity index (χ1v) is 12.2. The van der Waals surface area contributed by atoms with E-state index in [0.29, 0.717) is 24.2 Å². The van der Waals surface area contributed by atoms with E-state index in [4.69, 9.17) is 4.74 Å². The Balaban J connectivity index is 1.35. The first-order valence-electron chi connectivity index (χ1n) is 12.2. The van der Waals surface area contributed by atoms with Crippen molar-refractivity contribution in [3.05, 3.63) is 30.5 Å². The summed E-state index contributed by atoms with van der Waals surface area (Å²) in [6, 6.07) is 8.27. The van der Waals surface area contributed by atoms with Crippen LogP contribution in [0.2, 0.25) is 0 Å². The summed E-state index contributed by atoms with van der Waals surface area (Å²) >= 11 is 0. The molecular formula is C26H38N4O2. The van der Waals surface area contributed by atoms with E-state index in [9.17, 15) is 4.79 Å². The van der Waals surface area contributed by atoms with E-state index in [1.165, 1.54) is 0 Å². The third-order valence-corrected chi connectivity index (χ3v) is 6.90. The van der Waals surface area contributed by atoms with Crippen LogP contribution in [0.15, 0.2) is 30.5 Å². The molecule has 0 atom stereocenters. The van der Waals surface area contributed by atoms with E-state index >= 15 is 0 Å². The van der Waals surface area contributed by atoms with E-state index in [1.54, 1.807) is 7.11 Å². The summed E-state index contributed by atoms with van der Waals surface area (Å²) in [6.07, 6.45) is 5.95. The number of piperidine rings is 1. The van der Waals surface area contributed by atoms with E-state index in [1.807, 2.05) is 12.3 Å². The molecule has 0 spiro atoms. The number of ether oxygens (including phenoxy) is 1. The van der Waals surface area contributed by atoms with Crippen LogP contribution < -0.4 is 9.64 Å². The number of methoxy groups -OCH3 is 1. The van der Waals surface area contributed by atoms with Crippen LogP contribution in [-0.4, -0.2) is 73.6 Å². The van der Waals surface area contributed by atoms with E-state index < -0.39 is 0 Å². The molecule has 0 N–H and O–H groups in total. The number of anilines is 1. The van der Waals surface area contributed by atoms with Gasteiger partial charge in [0, 0.05) is 57.3 Å². The molecule has 1 aromatic heterocycles. The van der Waals surface area contributed by atoms with Crippen LogP contribution in [0.25, 0.3) is 10.9 Å². The lowest BCUT2D eigenvalue weighted by atomic mass is 9.95. The number of aromatic nitrogens is 1. The molecule has 4 rings (SSSR count). The number of fused-ring (bicyclic) bond motifs is 1. The Hall–Kier alpha value is -2.34. The third-order valence-electron chi connectivity index (χ3n) is 6.90. The molecule has 1 amide bonds. The Morgan fingerprint density at radius 1 is 1.09 bits per heavy atom. The van der Waals surface area contributed by atoms with Crippen molar-refractivity contribution < 1.29 is 9.53 Å². The number of rotatable bonds is 6. The van der Waals surface area contributed by atoms with Gasteiger partial charge >= 0.3 is 0 Å². The van der Waals surface area contributed by atoms with Crippen LogP contribution >= 0.6 is 0 Å². The molecule has 1 aromatic carbocycles. The second-order valence-corrected chi connectivity index (χ2v) is 9.75. The van der Waals surface area contributed by atoms with Gasteiger partial charge in [-0.05, 0) is 55.8 Å². The largest absolute Gasteiger partial charge is 0.494 e. The van der Waals surface area contributed by atoms with Crippen molar-refractivity contribution in [2.24, 2.45) is 11.8 Å². The van der Waals surface area contributed by atoms with E-state index in [2.05, 4.69) is 51.7 Å². The van der Waals surface area contributed by atoms with Crippen molar-refractivity contribution in [3.63, 3.8) is 0 Å². The molecule has 174 valence electrons. The lowest BCUT2D eigenvalue weighted by Crippen LogP contribution is -2.42. The highest BCUT2D eigenvalue weighted by Crippen LogP contribution is 2.35. The maximum atomic E-state index is 12.4. The van der Waals surface area contributed by atoms with Gasteiger partial charge in [-0.1, -0.05) is 19.9 Å². The minimum absolute atomic E-state index is 0.335. The number of amides is 1. The normalized spacial score (nSPS) is 18.9. The minimum atomic E-state index is 0.335. The summed E-state index contributed by atoms with van der Waals surface area (Å²) < 4.78 is 5.72. The fraction of sp³-hybridized carbons (Fsp3) is 0.615. The summed E-state index contributed by atoms with van der Waals surface area (Å²) in [5, 5.41) is 1.16. The number of carbonyl (C=O) groups is 1. The van der Waals surface area contributed by atoms with Crippen molar-refractivity contribution in [3.8, 4) is 5.75 Å². The number of hydrogen-bond donors (Lipinski definition) is 0. The van der Waals surface area contributed by atoms with E-state index in [0.717, 1.165) is 87.4 Å². The Morgan fingerprint density at radius 3 is 2.66 bits per heavy atom. The second kappa shape index (κ2) is 10.5. The zero-order chi connectivity index (χ0) is 22.5. The van der Waals surface area contributed by atoms with Crippen LogP contribution in [0.1, 0.15) is 39.5 Å². The van der Waals surface area contributed by atoms with Gasteiger partial charge in [-0.25, -0.2) is 0 Å². The fourth-order valence-electron chi connectivity index (χ4n) is 5.17. The van der Waals surface area contributed by atoms with Crippen molar-refractivity contribution in [1.29, 1.82) is 0 Å². The van der Waals surface area contributed by atoms with Crippen LogP contribution in [0.3, 0.4) is 0 Å². The third kappa shape index (κ3) is 5.34. The molecule has 2 aliphatic heterocycles. The van der Waals surface area contributed by atoms with Crippen molar-refractivity contribution in [1.82, 2.24) is 14.8 Å². The second-order valence-electron chi connectivity index (χ2n) is 9.75. The average molecular weight is 439 g/mol. The summed E-state index contributed by atoms with van der Waals surface area (Å²) in [6.45, 7) is 11.4. The molecule has 0 aliphatic carbocycles. The minimum Gasteiger partial charge on any atom is -0.494 e. The lowest BCUT2D eigenvalue weighted by molar-refractivity contribution is -0.133. The fourth-order valence-corrected chi connectivity index (χ4v) is 5.17. The van der Waals surface area contributed by atoms with Gasteiger partial charge in [0.05, 0.1) is 12.6 Å². The Morgan fingerprint density at radius 2 is 1.91 bits per heavy atom. The number of nitrogens with zero attached hydrogens (tertiary/aromatic N) is 4. The molecule has 6 nitrogen and oxygen atoms in total. The van der Waals surface area contributed by atoms with Crippen LogP contribution in [0.5, 0.6) is 5.75 Å². The summed E-state index contributed by atoms with van der Waals surface area (Å²) in [7, 11) is 1.75. The Kier molecular flexibility index (Phi) is 7.51. The predicted octanol–water partition coefficient (Wildman–Crippen LogP) is 4.04. The van der Waals surface area contributed by atoms with Crippen LogP contribution in [0, 0.1) is 11.8 Å². The first kappa shape index (κ1) is 22.8. The van der Waals surface area contributed by atoms with Crippen molar-refractivity contribution in [2.45, 2.75) is 39.5 Å². The summed E-state index contributed by atoms with van der Waals surface area (Å²) in [5.74, 6) is 2.37. The molecule has 0 bridgehead atoms. The molecule has 2 fully saturated rings. The van der Waals surface area contributed by atoms with Crippen molar-refractivity contribution in [2.75, 3.05) is 57.8 Å².